The van der Waals surface area contributed by atoms with E-state index in [0.29, 0.717) is 11.6 Å². The zero-order valence-corrected chi connectivity index (χ0v) is 8.08. The molecule has 1 aliphatic rings. The Morgan fingerprint density at radius 2 is 2.36 bits per heavy atom. The fourth-order valence-corrected chi connectivity index (χ4v) is 2.05. The molecule has 0 bridgehead atoms. The molecule has 0 spiro atoms. The first kappa shape index (κ1) is 9.21. The summed E-state index contributed by atoms with van der Waals surface area (Å²) in [6.45, 7) is 0. The molecule has 0 heterocycles. The first-order valence-electron chi connectivity index (χ1n) is 4.75. The molecular weight excluding hydrogens is 178 g/mol. The normalized spacial score (nSPS) is 19.4. The molecule has 74 valence electrons. The smallest absolute Gasteiger partial charge is 0.335 e. The lowest BCUT2D eigenvalue weighted by Crippen LogP contribution is -2.12. The van der Waals surface area contributed by atoms with Crippen LogP contribution in [0.2, 0.25) is 0 Å². The number of carboxylic acid groups (broad SMARTS) is 1. The molecule has 0 radical (unpaired) electrons. The summed E-state index contributed by atoms with van der Waals surface area (Å²) in [5, 5.41) is 12.0. The third-order valence-electron chi connectivity index (χ3n) is 2.82. The first-order valence-corrected chi connectivity index (χ1v) is 4.75. The molecule has 2 rings (SSSR count). The topological polar surface area (TPSA) is 49.3 Å². The number of aromatic carboxylic acids is 1. The van der Waals surface area contributed by atoms with Gasteiger partial charge in [0.05, 0.1) is 5.56 Å². The molecule has 0 amide bonds. The molecule has 0 saturated carbocycles. The van der Waals surface area contributed by atoms with Crippen molar-refractivity contribution < 1.29 is 9.90 Å². The van der Waals surface area contributed by atoms with Crippen LogP contribution in [0, 0.1) is 0 Å². The molecule has 1 atom stereocenters. The lowest BCUT2D eigenvalue weighted by atomic mass is 10.0. The third kappa shape index (κ3) is 1.40. The van der Waals surface area contributed by atoms with Crippen LogP contribution in [0.15, 0.2) is 18.2 Å². The van der Waals surface area contributed by atoms with Gasteiger partial charge in [-0.15, -0.1) is 0 Å². The maximum Gasteiger partial charge on any atom is 0.335 e. The molecule has 3 heteroatoms. The van der Waals surface area contributed by atoms with Crippen LogP contribution in [-0.4, -0.2) is 18.1 Å². The van der Waals surface area contributed by atoms with Crippen molar-refractivity contribution >= 4 is 5.97 Å². The summed E-state index contributed by atoms with van der Waals surface area (Å²) < 4.78 is 0. The lowest BCUT2D eigenvalue weighted by Gasteiger charge is -2.09. The third-order valence-corrected chi connectivity index (χ3v) is 2.82. The lowest BCUT2D eigenvalue weighted by molar-refractivity contribution is 0.0697. The Balaban J connectivity index is 2.39. The van der Waals surface area contributed by atoms with Crippen LogP contribution in [-0.2, 0) is 6.42 Å². The van der Waals surface area contributed by atoms with Gasteiger partial charge in [0, 0.05) is 6.04 Å². The second kappa shape index (κ2) is 3.42. The SMILES string of the molecule is CN[C@H]1CCc2cc(C(=O)O)ccc21. The van der Waals surface area contributed by atoms with Crippen molar-refractivity contribution in [2.75, 3.05) is 7.05 Å². The van der Waals surface area contributed by atoms with E-state index in [4.69, 9.17) is 5.11 Å². The van der Waals surface area contributed by atoms with Crippen molar-refractivity contribution in [2.24, 2.45) is 0 Å². The average molecular weight is 191 g/mol. The van der Waals surface area contributed by atoms with Gasteiger partial charge in [0.1, 0.15) is 0 Å². The highest BCUT2D eigenvalue weighted by Gasteiger charge is 2.21. The number of nitrogens with one attached hydrogen (secondary N) is 1. The highest BCUT2D eigenvalue weighted by molar-refractivity contribution is 5.88. The molecule has 0 saturated heterocycles. The summed E-state index contributed by atoms with van der Waals surface area (Å²) >= 11 is 0. The maximum absolute atomic E-state index is 10.7. The van der Waals surface area contributed by atoms with E-state index in [9.17, 15) is 4.79 Å². The molecule has 0 aliphatic heterocycles. The van der Waals surface area contributed by atoms with Crippen molar-refractivity contribution in [1.82, 2.24) is 5.32 Å². The van der Waals surface area contributed by atoms with Crippen molar-refractivity contribution in [2.45, 2.75) is 18.9 Å². The maximum atomic E-state index is 10.7. The second-order valence-electron chi connectivity index (χ2n) is 3.60. The summed E-state index contributed by atoms with van der Waals surface area (Å²) in [5.41, 5.74) is 2.81. The number of aryl methyl sites for hydroxylation is 1. The van der Waals surface area contributed by atoms with Gasteiger partial charge in [0.25, 0.3) is 0 Å². The Kier molecular flexibility index (Phi) is 2.25. The van der Waals surface area contributed by atoms with Gasteiger partial charge in [-0.25, -0.2) is 4.79 Å². The number of carboxylic acids is 1. The average Bonchev–Trinajstić information content (AvgIpc) is 2.59. The van der Waals surface area contributed by atoms with Crippen LogP contribution in [0.1, 0.15) is 33.9 Å². The molecule has 2 N–H and O–H groups in total. The van der Waals surface area contributed by atoms with Gasteiger partial charge in [0.2, 0.25) is 0 Å². The van der Waals surface area contributed by atoms with Crippen LogP contribution >= 0.6 is 0 Å². The standard InChI is InChI=1S/C11H13NO2/c1-12-10-5-3-7-6-8(11(13)14)2-4-9(7)10/h2,4,6,10,12H,3,5H2,1H3,(H,13,14)/t10-/m0/s1. The van der Waals surface area contributed by atoms with E-state index in [1.807, 2.05) is 13.1 Å². The van der Waals surface area contributed by atoms with E-state index in [0.717, 1.165) is 12.8 Å². The van der Waals surface area contributed by atoms with Gasteiger partial charge in [-0.05, 0) is 43.1 Å². The number of hydrogen-bond acceptors (Lipinski definition) is 2. The molecule has 0 unspecified atom stereocenters. The summed E-state index contributed by atoms with van der Waals surface area (Å²) in [6.07, 6.45) is 2.04. The molecule has 3 nitrogen and oxygen atoms in total. The minimum Gasteiger partial charge on any atom is -0.478 e. The van der Waals surface area contributed by atoms with Gasteiger partial charge in [0.15, 0.2) is 0 Å². The van der Waals surface area contributed by atoms with Crippen LogP contribution in [0.5, 0.6) is 0 Å². The highest BCUT2D eigenvalue weighted by Crippen LogP contribution is 2.31. The number of carbonyl (C=O) groups is 1. The number of hydrogen-bond donors (Lipinski definition) is 2. The van der Waals surface area contributed by atoms with Gasteiger partial charge in [-0.1, -0.05) is 6.07 Å². The van der Waals surface area contributed by atoms with Crippen LogP contribution in [0.4, 0.5) is 0 Å². The predicted molar refractivity (Wildman–Crippen MR) is 53.5 cm³/mol. The van der Waals surface area contributed by atoms with E-state index < -0.39 is 5.97 Å². The van der Waals surface area contributed by atoms with Crippen LogP contribution in [0.3, 0.4) is 0 Å². The molecule has 1 aliphatic carbocycles. The fraction of sp³-hybridized carbons (Fsp3) is 0.364. The summed E-state index contributed by atoms with van der Waals surface area (Å²) in [5.74, 6) is -0.847. The zero-order chi connectivity index (χ0) is 10.1. The highest BCUT2D eigenvalue weighted by atomic mass is 16.4. The molecular formula is C11H13NO2. The Labute approximate surface area is 82.8 Å². The van der Waals surface area contributed by atoms with E-state index in [2.05, 4.69) is 5.32 Å². The van der Waals surface area contributed by atoms with Crippen molar-refractivity contribution in [3.05, 3.63) is 34.9 Å². The molecule has 14 heavy (non-hydrogen) atoms. The Morgan fingerprint density at radius 3 is 3.00 bits per heavy atom. The van der Waals surface area contributed by atoms with E-state index in [1.165, 1.54) is 11.1 Å². The number of rotatable bonds is 2. The summed E-state index contributed by atoms with van der Waals surface area (Å²) in [6, 6.07) is 5.78. The molecule has 1 aromatic rings. The predicted octanol–water partition coefficient (Wildman–Crippen LogP) is 1.59. The second-order valence-corrected chi connectivity index (χ2v) is 3.60. The van der Waals surface area contributed by atoms with E-state index in [1.54, 1.807) is 12.1 Å². The Hall–Kier alpha value is -1.35. The first-order chi connectivity index (χ1) is 6.72. The quantitative estimate of drug-likeness (QED) is 0.746. The summed E-state index contributed by atoms with van der Waals surface area (Å²) in [4.78, 5) is 10.7. The van der Waals surface area contributed by atoms with Gasteiger partial charge >= 0.3 is 5.97 Å². The van der Waals surface area contributed by atoms with Crippen LogP contribution < -0.4 is 5.32 Å². The molecule has 1 aromatic carbocycles. The fourth-order valence-electron chi connectivity index (χ4n) is 2.05. The molecule has 0 aromatic heterocycles. The van der Waals surface area contributed by atoms with Gasteiger partial charge in [-0.2, -0.15) is 0 Å². The minimum atomic E-state index is -0.847. The monoisotopic (exact) mass is 191 g/mol. The van der Waals surface area contributed by atoms with Gasteiger partial charge < -0.3 is 10.4 Å². The summed E-state index contributed by atoms with van der Waals surface area (Å²) in [7, 11) is 1.94. The Morgan fingerprint density at radius 1 is 1.57 bits per heavy atom. The van der Waals surface area contributed by atoms with Crippen LogP contribution in [0.25, 0.3) is 0 Å². The minimum absolute atomic E-state index is 0.389. The van der Waals surface area contributed by atoms with Crippen molar-refractivity contribution in [3.8, 4) is 0 Å². The Bertz CT molecular complexity index is 374. The van der Waals surface area contributed by atoms with Crippen molar-refractivity contribution in [1.29, 1.82) is 0 Å². The number of benzene rings is 1. The van der Waals surface area contributed by atoms with Gasteiger partial charge in [-0.3, -0.25) is 0 Å². The molecule has 0 fully saturated rings. The van der Waals surface area contributed by atoms with E-state index >= 15 is 0 Å². The zero-order valence-electron chi connectivity index (χ0n) is 8.08. The van der Waals surface area contributed by atoms with E-state index in [-0.39, 0.29) is 0 Å². The largest absolute Gasteiger partial charge is 0.478 e. The number of fused-ring (bicyclic) bond motifs is 1. The van der Waals surface area contributed by atoms with Crippen molar-refractivity contribution in [3.63, 3.8) is 0 Å².